The van der Waals surface area contributed by atoms with Gasteiger partial charge >= 0.3 is 5.97 Å². The summed E-state index contributed by atoms with van der Waals surface area (Å²) in [6, 6.07) is 3.60. The van der Waals surface area contributed by atoms with Crippen LogP contribution in [0.5, 0.6) is 0 Å². The minimum atomic E-state index is -0.870. The molecule has 2 atom stereocenters. The van der Waals surface area contributed by atoms with Gasteiger partial charge < -0.3 is 19.0 Å². The second-order valence-electron chi connectivity index (χ2n) is 8.48. The molecular weight excluding hydrogens is 384 g/mol. The Balaban J connectivity index is 1.66. The van der Waals surface area contributed by atoms with Crippen LogP contribution < -0.4 is 0 Å². The van der Waals surface area contributed by atoms with Crippen molar-refractivity contribution < 1.29 is 23.5 Å². The van der Waals surface area contributed by atoms with E-state index in [1.165, 1.54) is 0 Å². The summed E-state index contributed by atoms with van der Waals surface area (Å²) in [6.45, 7) is 3.85. The minimum Gasteiger partial charge on any atom is -0.467 e. The van der Waals surface area contributed by atoms with Crippen LogP contribution >= 0.6 is 0 Å². The molecule has 30 heavy (non-hydrogen) atoms. The third-order valence-electron chi connectivity index (χ3n) is 6.58. The summed E-state index contributed by atoms with van der Waals surface area (Å²) in [5.74, 6) is -0.267. The molecule has 3 heterocycles. The number of amides is 2. The molecular formula is C23H30N2O5. The van der Waals surface area contributed by atoms with Gasteiger partial charge in [0.1, 0.15) is 11.2 Å². The second-order valence-corrected chi connectivity index (χ2v) is 8.48. The molecule has 2 saturated heterocycles. The fourth-order valence-corrected chi connectivity index (χ4v) is 5.13. The maximum absolute atomic E-state index is 13.5. The fourth-order valence-electron chi connectivity index (χ4n) is 5.13. The van der Waals surface area contributed by atoms with Gasteiger partial charge in [-0.3, -0.25) is 14.4 Å². The number of ether oxygens (including phenoxy) is 1. The lowest BCUT2D eigenvalue weighted by atomic mass is 9.66. The molecule has 1 aliphatic carbocycles. The number of rotatable bonds is 6. The molecule has 0 saturated carbocycles. The van der Waals surface area contributed by atoms with E-state index < -0.39 is 11.3 Å². The van der Waals surface area contributed by atoms with E-state index >= 15 is 0 Å². The molecule has 4 rings (SSSR count). The van der Waals surface area contributed by atoms with Gasteiger partial charge in [0.05, 0.1) is 19.4 Å². The molecule has 0 aromatic carbocycles. The van der Waals surface area contributed by atoms with Crippen molar-refractivity contribution in [2.24, 2.45) is 11.3 Å². The largest absolute Gasteiger partial charge is 0.467 e. The van der Waals surface area contributed by atoms with Crippen LogP contribution in [0.4, 0.5) is 0 Å². The van der Waals surface area contributed by atoms with Gasteiger partial charge in [-0.05, 0) is 57.6 Å². The molecule has 2 fully saturated rings. The summed E-state index contributed by atoms with van der Waals surface area (Å²) < 4.78 is 11.0. The summed E-state index contributed by atoms with van der Waals surface area (Å²) >= 11 is 0. The van der Waals surface area contributed by atoms with Crippen molar-refractivity contribution >= 4 is 17.8 Å². The molecule has 3 aliphatic rings. The quantitative estimate of drug-likeness (QED) is 0.668. The number of nitrogens with zero attached hydrogens (tertiary/aromatic N) is 2. The summed E-state index contributed by atoms with van der Waals surface area (Å²) in [5, 5.41) is 0. The van der Waals surface area contributed by atoms with E-state index in [0.29, 0.717) is 18.6 Å². The Morgan fingerprint density at radius 3 is 2.77 bits per heavy atom. The number of allylic oxidation sites excluding steroid dienone is 1. The van der Waals surface area contributed by atoms with Crippen LogP contribution in [0.3, 0.4) is 0 Å². The summed E-state index contributed by atoms with van der Waals surface area (Å²) in [5.41, 5.74) is -0.150. The lowest BCUT2D eigenvalue weighted by Crippen LogP contribution is -2.54. The van der Waals surface area contributed by atoms with E-state index in [9.17, 15) is 14.4 Å². The highest BCUT2D eigenvalue weighted by Crippen LogP contribution is 2.50. The maximum Gasteiger partial charge on any atom is 0.318 e. The lowest BCUT2D eigenvalue weighted by molar-refractivity contribution is -0.163. The number of piperidine rings is 1. The van der Waals surface area contributed by atoms with Gasteiger partial charge in [0.25, 0.3) is 0 Å². The molecule has 0 spiro atoms. The van der Waals surface area contributed by atoms with Gasteiger partial charge in [0, 0.05) is 31.1 Å². The first-order valence-electron chi connectivity index (χ1n) is 11.0. The monoisotopic (exact) mass is 414 g/mol. The Morgan fingerprint density at radius 2 is 2.07 bits per heavy atom. The van der Waals surface area contributed by atoms with Gasteiger partial charge in [0.15, 0.2) is 0 Å². The lowest BCUT2D eigenvalue weighted by Gasteiger charge is -2.47. The third-order valence-corrected chi connectivity index (χ3v) is 6.58. The van der Waals surface area contributed by atoms with Crippen molar-refractivity contribution in [2.75, 3.05) is 19.7 Å². The van der Waals surface area contributed by atoms with Crippen molar-refractivity contribution in [3.63, 3.8) is 0 Å². The number of fused-ring (bicyclic) bond motifs is 1. The highest BCUT2D eigenvalue weighted by Gasteiger charge is 2.54. The molecule has 162 valence electrons. The van der Waals surface area contributed by atoms with Crippen molar-refractivity contribution in [3.05, 3.63) is 35.9 Å². The van der Waals surface area contributed by atoms with Crippen LogP contribution in [0.25, 0.3) is 0 Å². The molecule has 0 N–H and O–H groups in total. The molecule has 1 aromatic rings. The van der Waals surface area contributed by atoms with Crippen LogP contribution in [0, 0.1) is 11.3 Å². The highest BCUT2D eigenvalue weighted by atomic mass is 16.5. The highest BCUT2D eigenvalue weighted by molar-refractivity contribution is 5.92. The first kappa shape index (κ1) is 20.7. The number of hydrogen-bond acceptors (Lipinski definition) is 5. The maximum atomic E-state index is 13.5. The van der Waals surface area contributed by atoms with Crippen molar-refractivity contribution in [2.45, 2.75) is 58.4 Å². The predicted molar refractivity (Wildman–Crippen MR) is 109 cm³/mol. The molecule has 0 bridgehead atoms. The average molecular weight is 415 g/mol. The molecule has 1 aromatic heterocycles. The molecule has 2 aliphatic heterocycles. The van der Waals surface area contributed by atoms with Gasteiger partial charge in [-0.1, -0.05) is 6.08 Å². The molecule has 0 radical (unpaired) electrons. The molecule has 7 nitrogen and oxygen atoms in total. The number of carbonyl (C=O) groups is 3. The first-order valence-corrected chi connectivity index (χ1v) is 11.0. The SMILES string of the molecule is CCOC(=O)[C@]12CCCC=C1N(Cc1ccco1)C(=O)[C@H](CC(=O)N1CCCC1)C2. The number of hydrogen-bond donors (Lipinski definition) is 0. The fraction of sp³-hybridized carbons (Fsp3) is 0.609. The topological polar surface area (TPSA) is 80.1 Å². The van der Waals surface area contributed by atoms with E-state index in [4.69, 9.17) is 9.15 Å². The van der Waals surface area contributed by atoms with Gasteiger partial charge in [0.2, 0.25) is 11.8 Å². The normalized spacial score (nSPS) is 26.4. The Bertz CT molecular complexity index is 825. The standard InChI is InChI=1S/C23H30N2O5/c1-2-29-22(28)23-10-4-3-9-19(23)25(16-18-8-7-13-30-18)21(27)17(15-23)14-20(26)24-11-5-6-12-24/h7-9,13,17H,2-6,10-12,14-16H2,1H3/t17-,23+/m1/s1. The van der Waals surface area contributed by atoms with Crippen molar-refractivity contribution in [1.29, 1.82) is 0 Å². The van der Waals surface area contributed by atoms with Crippen LogP contribution in [-0.4, -0.2) is 47.3 Å². The van der Waals surface area contributed by atoms with E-state index in [-0.39, 0.29) is 37.4 Å². The Morgan fingerprint density at radius 1 is 1.27 bits per heavy atom. The minimum absolute atomic E-state index is 0.00560. The van der Waals surface area contributed by atoms with E-state index in [1.807, 2.05) is 17.0 Å². The van der Waals surface area contributed by atoms with Gasteiger partial charge in [-0.2, -0.15) is 0 Å². The van der Waals surface area contributed by atoms with Crippen LogP contribution in [0.2, 0.25) is 0 Å². The number of carbonyl (C=O) groups excluding carboxylic acids is 3. The Labute approximate surface area is 177 Å². The van der Waals surface area contributed by atoms with E-state index in [1.54, 1.807) is 24.2 Å². The van der Waals surface area contributed by atoms with Crippen LogP contribution in [0.15, 0.2) is 34.6 Å². The summed E-state index contributed by atoms with van der Waals surface area (Å²) in [6.07, 6.45) is 8.38. The summed E-state index contributed by atoms with van der Waals surface area (Å²) in [7, 11) is 0. The summed E-state index contributed by atoms with van der Waals surface area (Å²) in [4.78, 5) is 43.0. The van der Waals surface area contributed by atoms with E-state index in [0.717, 1.165) is 44.5 Å². The average Bonchev–Trinajstić information content (AvgIpc) is 3.45. The van der Waals surface area contributed by atoms with Crippen LogP contribution in [0.1, 0.15) is 57.6 Å². The third kappa shape index (κ3) is 3.77. The predicted octanol–water partition coefficient (Wildman–Crippen LogP) is 3.26. The number of esters is 1. The van der Waals surface area contributed by atoms with Gasteiger partial charge in [-0.15, -0.1) is 0 Å². The number of likely N-dealkylation sites (tertiary alicyclic amines) is 2. The van der Waals surface area contributed by atoms with Crippen molar-refractivity contribution in [3.8, 4) is 0 Å². The molecule has 0 unspecified atom stereocenters. The van der Waals surface area contributed by atoms with E-state index in [2.05, 4.69) is 0 Å². The van der Waals surface area contributed by atoms with Gasteiger partial charge in [-0.25, -0.2) is 0 Å². The van der Waals surface area contributed by atoms with Crippen LogP contribution in [-0.2, 0) is 25.7 Å². The zero-order chi connectivity index (χ0) is 21.1. The molecule has 7 heteroatoms. The second kappa shape index (κ2) is 8.66. The zero-order valence-corrected chi connectivity index (χ0v) is 17.6. The smallest absolute Gasteiger partial charge is 0.318 e. The van der Waals surface area contributed by atoms with Crippen molar-refractivity contribution in [1.82, 2.24) is 9.80 Å². The zero-order valence-electron chi connectivity index (χ0n) is 17.6. The molecule has 2 amide bonds. The Hall–Kier alpha value is -2.57. The number of furan rings is 1. The Kier molecular flexibility index (Phi) is 5.97. The first-order chi connectivity index (χ1) is 14.5.